The molecular weight excluding hydrogens is 387 g/mol. The van der Waals surface area contributed by atoms with Crippen LogP contribution < -0.4 is 0 Å². The second-order valence-corrected chi connectivity index (χ2v) is 7.30. The lowest BCUT2D eigenvalue weighted by atomic mass is 10.4. The fraction of sp³-hybridized carbons (Fsp3) is 1.00. The summed E-state index contributed by atoms with van der Waals surface area (Å²) < 4.78 is 141. The SMILES string of the molecule is CS(=O)(=O)[N-]S(=O)(=O)C(F)(F)C(F)(F)CF.O=S(=O)(F)F. The van der Waals surface area contributed by atoms with Crippen LogP contribution >= 0.6 is 0 Å². The van der Waals surface area contributed by atoms with E-state index in [1.807, 2.05) is 0 Å². The zero-order valence-electron chi connectivity index (χ0n) is 9.47. The van der Waals surface area contributed by atoms with Crippen molar-refractivity contribution in [1.29, 1.82) is 0 Å². The van der Waals surface area contributed by atoms with Crippen LogP contribution in [0.15, 0.2) is 0 Å². The second kappa shape index (κ2) is 6.61. The fourth-order valence-corrected chi connectivity index (χ4v) is 2.72. The van der Waals surface area contributed by atoms with E-state index < -0.39 is 48.5 Å². The highest BCUT2D eigenvalue weighted by atomic mass is 32.3. The third kappa shape index (κ3) is 8.37. The Morgan fingerprint density at radius 1 is 0.905 bits per heavy atom. The first kappa shape index (κ1) is 22.6. The van der Waals surface area contributed by atoms with Crippen LogP contribution in [0.25, 0.3) is 4.13 Å². The molecular formula is C4H5F7NO6S3-. The smallest absolute Gasteiger partial charge is 0.431 e. The largest absolute Gasteiger partial charge is 0.476 e. The number of alkyl halides is 5. The molecule has 130 valence electrons. The molecule has 0 fully saturated rings. The third-order valence-electron chi connectivity index (χ3n) is 1.15. The van der Waals surface area contributed by atoms with Crippen molar-refractivity contribution in [1.82, 2.24) is 0 Å². The van der Waals surface area contributed by atoms with Gasteiger partial charge in [-0.3, -0.25) is 0 Å². The molecule has 0 saturated carbocycles. The Kier molecular flexibility index (Phi) is 7.11. The summed E-state index contributed by atoms with van der Waals surface area (Å²) in [5, 5.41) is -5.93. The Labute approximate surface area is 114 Å². The van der Waals surface area contributed by atoms with Crippen LogP contribution in [0.2, 0.25) is 0 Å². The first-order chi connectivity index (χ1) is 8.77. The van der Waals surface area contributed by atoms with E-state index in [0.717, 1.165) is 0 Å². The molecule has 0 N–H and O–H groups in total. The normalized spacial score (nSPS) is 14.3. The zero-order valence-corrected chi connectivity index (χ0v) is 11.9. The predicted molar refractivity (Wildman–Crippen MR) is 54.1 cm³/mol. The van der Waals surface area contributed by atoms with Crippen LogP contribution in [0.5, 0.6) is 0 Å². The molecule has 0 rings (SSSR count). The van der Waals surface area contributed by atoms with Crippen LogP contribution in [0, 0.1) is 0 Å². The minimum Gasteiger partial charge on any atom is -0.431 e. The molecule has 0 radical (unpaired) electrons. The molecule has 0 atom stereocenters. The van der Waals surface area contributed by atoms with Crippen molar-refractivity contribution in [2.24, 2.45) is 0 Å². The van der Waals surface area contributed by atoms with Gasteiger partial charge < -0.3 is 4.13 Å². The van der Waals surface area contributed by atoms with Crippen molar-refractivity contribution >= 4 is 30.7 Å². The van der Waals surface area contributed by atoms with E-state index in [1.54, 1.807) is 4.13 Å². The number of rotatable bonds is 5. The summed E-state index contributed by atoms with van der Waals surface area (Å²) in [5.74, 6) is -5.56. The van der Waals surface area contributed by atoms with E-state index >= 15 is 0 Å². The number of halogens is 7. The van der Waals surface area contributed by atoms with Gasteiger partial charge in [-0.25, -0.2) is 21.2 Å². The number of hydrogen-bond donors (Lipinski definition) is 0. The van der Waals surface area contributed by atoms with Gasteiger partial charge in [0.25, 0.3) is 0 Å². The van der Waals surface area contributed by atoms with Crippen molar-refractivity contribution in [3.05, 3.63) is 4.13 Å². The van der Waals surface area contributed by atoms with Crippen molar-refractivity contribution in [2.75, 3.05) is 12.9 Å². The zero-order chi connectivity index (χ0) is 17.9. The average Bonchev–Trinajstić information content (AvgIpc) is 2.10. The molecule has 0 heterocycles. The fourth-order valence-electron chi connectivity index (χ4n) is 0.492. The van der Waals surface area contributed by atoms with Gasteiger partial charge >= 0.3 is 21.8 Å². The predicted octanol–water partition coefficient (Wildman–Crippen LogP) is 1.02. The van der Waals surface area contributed by atoms with Gasteiger partial charge in [-0.1, -0.05) is 7.77 Å². The lowest BCUT2D eigenvalue weighted by molar-refractivity contribution is -0.165. The molecule has 17 heteroatoms. The number of hydrogen-bond acceptors (Lipinski definition) is 6. The van der Waals surface area contributed by atoms with Crippen molar-refractivity contribution in [2.45, 2.75) is 11.2 Å². The van der Waals surface area contributed by atoms with Gasteiger partial charge in [-0.05, 0) is 0 Å². The molecule has 0 aliphatic rings. The first-order valence-corrected chi connectivity index (χ1v) is 8.49. The monoisotopic (exact) mass is 392 g/mol. The maximum absolute atomic E-state index is 12.6. The lowest BCUT2D eigenvalue weighted by Gasteiger charge is -2.29. The second-order valence-electron chi connectivity index (χ2n) is 3.02. The topological polar surface area (TPSA) is 117 Å². The van der Waals surface area contributed by atoms with Crippen LogP contribution in [0.4, 0.5) is 29.7 Å². The van der Waals surface area contributed by atoms with Gasteiger partial charge in [0.15, 0.2) is 16.7 Å². The third-order valence-corrected chi connectivity index (χ3v) is 3.97. The maximum atomic E-state index is 12.6. The quantitative estimate of drug-likeness (QED) is 0.509. The average molecular weight is 392 g/mol. The first-order valence-electron chi connectivity index (χ1n) is 3.91. The van der Waals surface area contributed by atoms with Crippen LogP contribution in [0.3, 0.4) is 0 Å². The molecule has 0 spiro atoms. The van der Waals surface area contributed by atoms with E-state index in [0.29, 0.717) is 0 Å². The Balaban J connectivity index is 0. The van der Waals surface area contributed by atoms with Gasteiger partial charge in [-0.15, -0.1) is 0 Å². The number of nitrogens with zero attached hydrogens (tertiary/aromatic N) is 1. The van der Waals surface area contributed by atoms with E-state index in [9.17, 15) is 46.6 Å². The van der Waals surface area contributed by atoms with Crippen LogP contribution in [0.1, 0.15) is 0 Å². The minimum atomic E-state index is -6.37. The van der Waals surface area contributed by atoms with Gasteiger partial charge in [0, 0.05) is 6.26 Å². The Morgan fingerprint density at radius 2 is 1.19 bits per heavy atom. The molecule has 0 amide bonds. The highest BCUT2D eigenvalue weighted by Crippen LogP contribution is 2.42. The lowest BCUT2D eigenvalue weighted by Crippen LogP contribution is -2.48. The standard InChI is InChI=1S/C4H5F5NO4S2.F2O2S/c1-15(11,12)10-16(13,14)4(8,9)3(6,7)2-5;1-5(2,3)4/h2H2,1H3;/q-1;. The highest BCUT2D eigenvalue weighted by Gasteiger charge is 2.62. The molecule has 7 nitrogen and oxygen atoms in total. The van der Waals surface area contributed by atoms with Gasteiger partial charge in [0.1, 0.15) is 0 Å². The van der Waals surface area contributed by atoms with E-state index in [4.69, 9.17) is 8.42 Å². The summed E-state index contributed by atoms with van der Waals surface area (Å²) in [6.45, 7) is -2.97. The van der Waals surface area contributed by atoms with E-state index in [-0.39, 0.29) is 6.26 Å². The molecule has 0 unspecified atom stereocenters. The molecule has 0 bridgehead atoms. The summed E-state index contributed by atoms with van der Waals surface area (Å²) in [6, 6.07) is 0. The summed E-state index contributed by atoms with van der Waals surface area (Å²) in [7, 11) is -16.9. The summed E-state index contributed by atoms with van der Waals surface area (Å²) in [6.07, 6.45) is 0.105. The van der Waals surface area contributed by atoms with Crippen molar-refractivity contribution < 1.29 is 55.0 Å². The van der Waals surface area contributed by atoms with Gasteiger partial charge in [-0.2, -0.15) is 26.0 Å². The van der Waals surface area contributed by atoms with Crippen LogP contribution in [-0.4, -0.2) is 49.4 Å². The Hall–Kier alpha value is -0.680. The molecule has 0 aromatic carbocycles. The van der Waals surface area contributed by atoms with Crippen LogP contribution in [-0.2, 0) is 30.7 Å². The summed E-state index contributed by atoms with van der Waals surface area (Å²) in [5.41, 5.74) is 0. The summed E-state index contributed by atoms with van der Waals surface area (Å²) in [4.78, 5) is 0. The Morgan fingerprint density at radius 3 is 1.38 bits per heavy atom. The Bertz CT molecular complexity index is 644. The molecule has 0 aromatic rings. The molecule has 0 aliphatic heterocycles. The van der Waals surface area contributed by atoms with E-state index in [2.05, 4.69) is 0 Å². The molecule has 0 aromatic heterocycles. The molecule has 0 aliphatic carbocycles. The molecule has 0 saturated heterocycles. The maximum Gasteiger partial charge on any atom is 0.476 e. The molecule has 21 heavy (non-hydrogen) atoms. The van der Waals surface area contributed by atoms with Crippen molar-refractivity contribution in [3.8, 4) is 0 Å². The van der Waals surface area contributed by atoms with Crippen molar-refractivity contribution in [3.63, 3.8) is 0 Å². The summed E-state index contributed by atoms with van der Waals surface area (Å²) >= 11 is 0. The highest BCUT2D eigenvalue weighted by molar-refractivity contribution is 8.12. The number of sulfonamides is 2. The van der Waals surface area contributed by atoms with Gasteiger partial charge in [0.2, 0.25) is 0 Å². The minimum absolute atomic E-state index is 0.105. The van der Waals surface area contributed by atoms with E-state index in [1.165, 1.54) is 0 Å². The van der Waals surface area contributed by atoms with Gasteiger partial charge in [0.05, 0.1) is 10.0 Å².